The molecule has 5 heteroatoms. The molecular formula is C35H24N2O3. The minimum absolute atomic E-state index is 0.226. The molecule has 0 saturated heterocycles. The maximum absolute atomic E-state index is 10.6. The second kappa shape index (κ2) is 9.97. The molecule has 1 aromatic heterocycles. The van der Waals surface area contributed by atoms with Crippen LogP contribution in [0.4, 0.5) is 17.1 Å². The molecule has 1 aliphatic heterocycles. The number of hydrogen-bond donors (Lipinski definition) is 1. The van der Waals surface area contributed by atoms with E-state index in [1.165, 1.54) is 0 Å². The molecule has 0 radical (unpaired) electrons. The van der Waals surface area contributed by atoms with Gasteiger partial charge in [0.25, 0.3) is 0 Å². The first-order valence-corrected chi connectivity index (χ1v) is 13.0. The van der Waals surface area contributed by atoms with E-state index in [0.29, 0.717) is 23.0 Å². The maximum atomic E-state index is 10.6. The van der Waals surface area contributed by atoms with E-state index in [2.05, 4.69) is 22.0 Å². The van der Waals surface area contributed by atoms with Crippen LogP contribution in [0.15, 0.2) is 140 Å². The average molecular weight is 521 g/mol. The Bertz CT molecular complexity index is 1830. The summed E-state index contributed by atoms with van der Waals surface area (Å²) in [5.74, 6) is 2.82. The lowest BCUT2D eigenvalue weighted by atomic mass is 10.0. The fourth-order valence-corrected chi connectivity index (χ4v) is 4.99. The van der Waals surface area contributed by atoms with Gasteiger partial charge < -0.3 is 19.5 Å². The van der Waals surface area contributed by atoms with Crippen LogP contribution in [0, 0.1) is 0 Å². The van der Waals surface area contributed by atoms with Gasteiger partial charge in [-0.05, 0) is 78.4 Å². The van der Waals surface area contributed by atoms with E-state index in [4.69, 9.17) is 9.47 Å². The number of phenolic OH excluding ortho intramolecular Hbond substituents is 1. The first kappa shape index (κ1) is 23.6. The van der Waals surface area contributed by atoms with Gasteiger partial charge in [0, 0.05) is 23.0 Å². The molecule has 0 saturated carbocycles. The standard InChI is InChI=1S/C35H24N2O3/c38-31-15-3-1-12-27(31)24-10-9-11-26(22-24)37-29-14-2-4-16-32(29)39-34-17-5-6-18-35(34)40-33-20-19-25(23-30(33)37)28-13-7-8-21-36-28/h1-23,38H. The van der Waals surface area contributed by atoms with E-state index in [0.717, 1.165) is 39.4 Å². The van der Waals surface area contributed by atoms with Crippen molar-refractivity contribution in [2.75, 3.05) is 4.90 Å². The number of pyridine rings is 1. The molecule has 7 rings (SSSR count). The van der Waals surface area contributed by atoms with E-state index in [1.54, 1.807) is 12.3 Å². The highest BCUT2D eigenvalue weighted by Gasteiger charge is 2.25. The maximum Gasteiger partial charge on any atom is 0.170 e. The first-order valence-electron chi connectivity index (χ1n) is 13.0. The highest BCUT2D eigenvalue weighted by molar-refractivity contribution is 5.88. The largest absolute Gasteiger partial charge is 0.507 e. The molecule has 40 heavy (non-hydrogen) atoms. The third kappa shape index (κ3) is 4.29. The van der Waals surface area contributed by atoms with E-state index in [1.807, 2.05) is 115 Å². The van der Waals surface area contributed by atoms with Crippen molar-refractivity contribution in [3.8, 4) is 51.1 Å². The van der Waals surface area contributed by atoms with Crippen LogP contribution in [-0.4, -0.2) is 10.1 Å². The number of anilines is 3. The number of hydrogen-bond acceptors (Lipinski definition) is 5. The fraction of sp³-hybridized carbons (Fsp3) is 0. The van der Waals surface area contributed by atoms with Gasteiger partial charge in [0.15, 0.2) is 23.0 Å². The van der Waals surface area contributed by atoms with Crippen molar-refractivity contribution in [2.45, 2.75) is 0 Å². The van der Waals surface area contributed by atoms with Gasteiger partial charge in [-0.25, -0.2) is 0 Å². The number of para-hydroxylation sites is 5. The van der Waals surface area contributed by atoms with Crippen molar-refractivity contribution in [1.82, 2.24) is 4.98 Å². The summed E-state index contributed by atoms with van der Waals surface area (Å²) >= 11 is 0. The van der Waals surface area contributed by atoms with Gasteiger partial charge in [-0.15, -0.1) is 0 Å². The van der Waals surface area contributed by atoms with E-state index in [9.17, 15) is 5.11 Å². The minimum Gasteiger partial charge on any atom is -0.507 e. The molecule has 2 heterocycles. The van der Waals surface area contributed by atoms with Gasteiger partial charge in [0.2, 0.25) is 0 Å². The average Bonchev–Trinajstić information content (AvgIpc) is 3.06. The molecular weight excluding hydrogens is 496 g/mol. The van der Waals surface area contributed by atoms with Gasteiger partial charge in [0.05, 0.1) is 17.1 Å². The molecule has 6 aromatic rings. The Kier molecular flexibility index (Phi) is 5.87. The van der Waals surface area contributed by atoms with Crippen LogP contribution in [-0.2, 0) is 0 Å². The smallest absolute Gasteiger partial charge is 0.170 e. The van der Waals surface area contributed by atoms with Crippen LogP contribution in [0.3, 0.4) is 0 Å². The molecule has 5 aromatic carbocycles. The zero-order valence-corrected chi connectivity index (χ0v) is 21.4. The summed E-state index contributed by atoms with van der Waals surface area (Å²) in [7, 11) is 0. The summed E-state index contributed by atoms with van der Waals surface area (Å²) in [6.07, 6.45) is 1.79. The van der Waals surface area contributed by atoms with Gasteiger partial charge in [0.1, 0.15) is 5.75 Å². The molecule has 1 N–H and O–H groups in total. The van der Waals surface area contributed by atoms with Crippen LogP contribution in [0.1, 0.15) is 0 Å². The normalized spacial score (nSPS) is 11.9. The van der Waals surface area contributed by atoms with E-state index >= 15 is 0 Å². The van der Waals surface area contributed by atoms with Gasteiger partial charge in [-0.2, -0.15) is 0 Å². The number of nitrogens with zero attached hydrogens (tertiary/aromatic N) is 2. The number of ether oxygens (including phenoxy) is 2. The lowest BCUT2D eigenvalue weighted by molar-refractivity contribution is 0.423. The first-order chi connectivity index (χ1) is 19.7. The Hall–Kier alpha value is -5.55. The van der Waals surface area contributed by atoms with Crippen LogP contribution in [0.25, 0.3) is 22.4 Å². The van der Waals surface area contributed by atoms with Crippen molar-refractivity contribution < 1.29 is 14.6 Å². The van der Waals surface area contributed by atoms with Crippen LogP contribution < -0.4 is 14.4 Å². The number of phenols is 1. The van der Waals surface area contributed by atoms with E-state index < -0.39 is 0 Å². The molecule has 0 fully saturated rings. The zero-order chi connectivity index (χ0) is 26.9. The molecule has 0 spiro atoms. The Labute approximate surface area is 232 Å². The molecule has 0 unspecified atom stereocenters. The summed E-state index contributed by atoms with van der Waals surface area (Å²) in [6.45, 7) is 0. The molecule has 0 amide bonds. The molecule has 1 aliphatic rings. The van der Waals surface area contributed by atoms with Gasteiger partial charge >= 0.3 is 0 Å². The third-order valence-electron chi connectivity index (χ3n) is 6.88. The highest BCUT2D eigenvalue weighted by Crippen LogP contribution is 2.50. The lowest BCUT2D eigenvalue weighted by Crippen LogP contribution is -2.12. The van der Waals surface area contributed by atoms with Crippen molar-refractivity contribution in [3.63, 3.8) is 0 Å². The number of aromatic nitrogens is 1. The summed E-state index contributed by atoms with van der Waals surface area (Å²) in [5.41, 5.74) is 6.01. The summed E-state index contributed by atoms with van der Waals surface area (Å²) in [4.78, 5) is 6.72. The Balaban J connectivity index is 1.50. The van der Waals surface area contributed by atoms with Crippen molar-refractivity contribution >= 4 is 17.1 Å². The van der Waals surface area contributed by atoms with Gasteiger partial charge in [-0.3, -0.25) is 4.98 Å². The highest BCUT2D eigenvalue weighted by atomic mass is 16.5. The molecule has 0 bridgehead atoms. The monoisotopic (exact) mass is 520 g/mol. The Morgan fingerprint density at radius 2 is 1.23 bits per heavy atom. The number of fused-ring (bicyclic) bond motifs is 3. The van der Waals surface area contributed by atoms with Crippen molar-refractivity contribution in [3.05, 3.63) is 140 Å². The third-order valence-corrected chi connectivity index (χ3v) is 6.88. The fourth-order valence-electron chi connectivity index (χ4n) is 4.99. The Morgan fingerprint density at radius 1 is 0.525 bits per heavy atom. The zero-order valence-electron chi connectivity index (χ0n) is 21.4. The van der Waals surface area contributed by atoms with Crippen LogP contribution in [0.5, 0.6) is 28.7 Å². The minimum atomic E-state index is 0.226. The molecule has 192 valence electrons. The second-order valence-corrected chi connectivity index (χ2v) is 9.42. The quantitative estimate of drug-likeness (QED) is 0.251. The predicted octanol–water partition coefficient (Wildman–Crippen LogP) is 9.49. The van der Waals surface area contributed by atoms with E-state index in [-0.39, 0.29) is 5.75 Å². The number of aromatic hydroxyl groups is 1. The summed E-state index contributed by atoms with van der Waals surface area (Å²) in [5, 5.41) is 10.6. The molecule has 0 atom stereocenters. The Morgan fingerprint density at radius 3 is 2.00 bits per heavy atom. The molecule has 5 nitrogen and oxygen atoms in total. The predicted molar refractivity (Wildman–Crippen MR) is 158 cm³/mol. The molecule has 0 aliphatic carbocycles. The van der Waals surface area contributed by atoms with Crippen LogP contribution in [0.2, 0.25) is 0 Å². The second-order valence-electron chi connectivity index (χ2n) is 9.42. The SMILES string of the molecule is Oc1ccccc1-c1cccc(N2c3ccccc3Oc3ccccc3Oc3ccc(-c4ccccn4)cc32)c1. The summed E-state index contributed by atoms with van der Waals surface area (Å²) in [6, 6.07) is 43.0. The van der Waals surface area contributed by atoms with Gasteiger partial charge in [-0.1, -0.05) is 60.7 Å². The van der Waals surface area contributed by atoms with Crippen molar-refractivity contribution in [1.29, 1.82) is 0 Å². The van der Waals surface area contributed by atoms with Crippen LogP contribution >= 0.6 is 0 Å². The number of benzene rings is 5. The van der Waals surface area contributed by atoms with Crippen molar-refractivity contribution in [2.24, 2.45) is 0 Å². The summed E-state index contributed by atoms with van der Waals surface area (Å²) < 4.78 is 13.0. The topological polar surface area (TPSA) is 54.8 Å². The number of rotatable bonds is 3. The lowest BCUT2D eigenvalue weighted by Gasteiger charge is -2.28.